The van der Waals surface area contributed by atoms with Crippen molar-refractivity contribution in [1.82, 2.24) is 9.55 Å². The van der Waals surface area contributed by atoms with Crippen molar-refractivity contribution in [3.05, 3.63) is 231 Å². The van der Waals surface area contributed by atoms with Crippen LogP contribution in [-0.4, -0.2) is 9.55 Å². The molecule has 0 aliphatic rings. The Balaban J connectivity index is 1.12. The average Bonchev–Trinajstić information content (AvgIpc) is 3.92. The number of hydrogen-bond donors (Lipinski definition) is 0. The lowest BCUT2D eigenvalue weighted by molar-refractivity contribution is 1.18. The summed E-state index contributed by atoms with van der Waals surface area (Å²) < 4.78 is 5.00. The van der Waals surface area contributed by atoms with Crippen LogP contribution in [0.4, 0.5) is 0 Å². The van der Waals surface area contributed by atoms with Crippen LogP contribution in [0.5, 0.6) is 0 Å². The van der Waals surface area contributed by atoms with Crippen molar-refractivity contribution in [3.8, 4) is 61.6 Å². The molecule has 0 atom stereocenters. The smallest absolute Gasteiger partial charge is 0.0730 e. The highest BCUT2D eigenvalue weighted by Crippen LogP contribution is 2.44. The van der Waals surface area contributed by atoms with E-state index in [2.05, 4.69) is 235 Å². The molecule has 2 nitrogen and oxygen atoms in total. The molecule has 0 aliphatic heterocycles. The highest BCUT2D eigenvalue weighted by molar-refractivity contribution is 7.26. The summed E-state index contributed by atoms with van der Waals surface area (Å²) in [6.45, 7) is 0. The van der Waals surface area contributed by atoms with E-state index in [0.29, 0.717) is 0 Å². The van der Waals surface area contributed by atoms with Gasteiger partial charge in [-0.15, -0.1) is 11.3 Å². The Bertz CT molecular complexity index is 3950. The first-order valence-electron chi connectivity index (χ1n) is 21.9. The molecule has 64 heavy (non-hydrogen) atoms. The van der Waals surface area contributed by atoms with E-state index in [0.717, 1.165) is 55.9 Å². The number of para-hydroxylation sites is 1. The van der Waals surface area contributed by atoms with Crippen molar-refractivity contribution < 1.29 is 0 Å². The number of thiophene rings is 1. The van der Waals surface area contributed by atoms with Gasteiger partial charge >= 0.3 is 0 Å². The molecule has 0 aliphatic carbocycles. The Labute approximate surface area is 374 Å². The third-order valence-corrected chi connectivity index (χ3v) is 14.2. The number of fused-ring (bicyclic) bond motifs is 9. The van der Waals surface area contributed by atoms with Crippen LogP contribution in [0.1, 0.15) is 0 Å². The SMILES string of the molecule is c1ccc(-c2cc(-c3cc(-c4cc5ccccc5c5ccccc45)cc(-n4c5ccccc5c5ccc(-c6ccccc6)cc54)c3)nc(-c3cccc4c3sc3ccccc34)c2)cc1. The van der Waals surface area contributed by atoms with E-state index in [-0.39, 0.29) is 0 Å². The monoisotopic (exact) mass is 830 g/mol. The standard InChI is InChI=1S/C61H38N2S/c1-3-16-39(17-4-1)41-30-31-51-50-24-11-13-28-58(50)63(59(51)38-41)46-33-44(55-35-42-20-7-8-21-47(42)48-22-9-10-23-49(48)55)32-45(34-46)56-36-43(40-18-5-2-6-19-40)37-57(62-56)54-27-15-26-53-52-25-12-14-29-60(52)64-61(53)54/h1-38H. The van der Waals surface area contributed by atoms with Crippen LogP contribution in [0.15, 0.2) is 231 Å². The average molecular weight is 831 g/mol. The third-order valence-electron chi connectivity index (χ3n) is 12.9. The second-order valence-electron chi connectivity index (χ2n) is 16.7. The molecule has 3 aromatic heterocycles. The van der Waals surface area contributed by atoms with Crippen molar-refractivity contribution in [3.63, 3.8) is 0 Å². The summed E-state index contributed by atoms with van der Waals surface area (Å²) in [6.07, 6.45) is 0. The number of aromatic nitrogens is 2. The highest BCUT2D eigenvalue weighted by atomic mass is 32.1. The summed E-state index contributed by atoms with van der Waals surface area (Å²) in [5, 5.41) is 9.94. The van der Waals surface area contributed by atoms with Crippen molar-refractivity contribution in [2.45, 2.75) is 0 Å². The summed E-state index contributed by atoms with van der Waals surface area (Å²) in [7, 11) is 0. The molecule has 0 saturated heterocycles. The van der Waals surface area contributed by atoms with Gasteiger partial charge in [0, 0.05) is 47.8 Å². The zero-order chi connectivity index (χ0) is 42.1. The van der Waals surface area contributed by atoms with Crippen LogP contribution in [-0.2, 0) is 0 Å². The van der Waals surface area contributed by atoms with E-state index in [4.69, 9.17) is 4.98 Å². The summed E-state index contributed by atoms with van der Waals surface area (Å²) >= 11 is 1.85. The third kappa shape index (κ3) is 5.97. The van der Waals surface area contributed by atoms with Crippen LogP contribution >= 0.6 is 11.3 Å². The normalized spacial score (nSPS) is 11.8. The summed E-state index contributed by atoms with van der Waals surface area (Å²) in [4.78, 5) is 5.67. The molecule has 0 radical (unpaired) electrons. The van der Waals surface area contributed by atoms with Gasteiger partial charge in [0.1, 0.15) is 0 Å². The van der Waals surface area contributed by atoms with E-state index in [9.17, 15) is 0 Å². The Kier molecular flexibility index (Phi) is 8.43. The molecular weight excluding hydrogens is 793 g/mol. The molecule has 3 heteroatoms. The van der Waals surface area contributed by atoms with E-state index in [1.807, 2.05) is 11.3 Å². The molecule has 298 valence electrons. The predicted octanol–water partition coefficient (Wildman–Crippen LogP) is 17.2. The lowest BCUT2D eigenvalue weighted by Crippen LogP contribution is -1.98. The van der Waals surface area contributed by atoms with Gasteiger partial charge < -0.3 is 4.57 Å². The Morgan fingerprint density at radius 1 is 0.312 bits per heavy atom. The van der Waals surface area contributed by atoms with Crippen molar-refractivity contribution in [1.29, 1.82) is 0 Å². The van der Waals surface area contributed by atoms with Crippen LogP contribution in [0.25, 0.3) is 125 Å². The molecule has 0 amide bonds. The zero-order valence-corrected chi connectivity index (χ0v) is 35.6. The van der Waals surface area contributed by atoms with Crippen LogP contribution in [0.2, 0.25) is 0 Å². The topological polar surface area (TPSA) is 17.8 Å². The molecule has 13 aromatic rings. The number of rotatable bonds is 6. The molecule has 13 rings (SSSR count). The quantitative estimate of drug-likeness (QED) is 0.153. The summed E-state index contributed by atoms with van der Waals surface area (Å²) in [6, 6.07) is 84.2. The highest BCUT2D eigenvalue weighted by Gasteiger charge is 2.19. The molecule has 0 unspecified atom stereocenters. The maximum absolute atomic E-state index is 5.67. The van der Waals surface area contributed by atoms with Crippen molar-refractivity contribution in [2.24, 2.45) is 0 Å². The predicted molar refractivity (Wildman–Crippen MR) is 274 cm³/mol. The van der Waals surface area contributed by atoms with Crippen LogP contribution in [0, 0.1) is 0 Å². The van der Waals surface area contributed by atoms with Gasteiger partial charge in [0.05, 0.1) is 22.4 Å². The fourth-order valence-corrected chi connectivity index (χ4v) is 11.2. The maximum Gasteiger partial charge on any atom is 0.0730 e. The largest absolute Gasteiger partial charge is 0.309 e. The van der Waals surface area contributed by atoms with Crippen LogP contribution in [0.3, 0.4) is 0 Å². The minimum Gasteiger partial charge on any atom is -0.309 e. The van der Waals surface area contributed by atoms with Crippen molar-refractivity contribution >= 4 is 74.9 Å². The molecule has 0 bridgehead atoms. The van der Waals surface area contributed by atoms with Gasteiger partial charge in [0.25, 0.3) is 0 Å². The van der Waals surface area contributed by atoms with Gasteiger partial charge in [0.2, 0.25) is 0 Å². The minimum atomic E-state index is 0.924. The zero-order valence-electron chi connectivity index (χ0n) is 34.7. The van der Waals surface area contributed by atoms with Gasteiger partial charge in [-0.2, -0.15) is 0 Å². The van der Waals surface area contributed by atoms with Crippen LogP contribution < -0.4 is 0 Å². The molecule has 0 saturated carbocycles. The van der Waals surface area contributed by atoms with Gasteiger partial charge in [0.15, 0.2) is 0 Å². The Hall–Kier alpha value is -8.11. The number of pyridine rings is 1. The lowest BCUT2D eigenvalue weighted by Gasteiger charge is -2.17. The number of hydrogen-bond acceptors (Lipinski definition) is 2. The summed E-state index contributed by atoms with van der Waals surface area (Å²) in [5.74, 6) is 0. The van der Waals surface area contributed by atoms with Gasteiger partial charge in [-0.25, -0.2) is 4.98 Å². The van der Waals surface area contributed by atoms with Gasteiger partial charge in [-0.3, -0.25) is 0 Å². The summed E-state index contributed by atoms with van der Waals surface area (Å²) in [5.41, 5.74) is 14.5. The minimum absolute atomic E-state index is 0.924. The fourth-order valence-electron chi connectivity index (χ4n) is 9.96. The van der Waals surface area contributed by atoms with E-state index in [1.165, 1.54) is 69.2 Å². The van der Waals surface area contributed by atoms with E-state index >= 15 is 0 Å². The second-order valence-corrected chi connectivity index (χ2v) is 17.7. The van der Waals surface area contributed by atoms with Crippen molar-refractivity contribution in [2.75, 3.05) is 0 Å². The second kappa shape index (κ2) is 14.8. The lowest BCUT2D eigenvalue weighted by atomic mass is 9.91. The first-order chi connectivity index (χ1) is 31.7. The first-order valence-corrected chi connectivity index (χ1v) is 22.7. The fraction of sp³-hybridized carbons (Fsp3) is 0. The molecule has 0 fully saturated rings. The first kappa shape index (κ1) is 36.5. The molecular formula is C61H38N2S. The molecule has 0 spiro atoms. The molecule has 10 aromatic carbocycles. The Morgan fingerprint density at radius 2 is 0.938 bits per heavy atom. The maximum atomic E-state index is 5.67. The van der Waals surface area contributed by atoms with E-state index < -0.39 is 0 Å². The molecule has 3 heterocycles. The van der Waals surface area contributed by atoms with Gasteiger partial charge in [-0.1, -0.05) is 176 Å². The number of benzene rings is 10. The van der Waals surface area contributed by atoms with E-state index in [1.54, 1.807) is 0 Å². The number of nitrogens with zero attached hydrogens (tertiary/aromatic N) is 2. The molecule has 0 N–H and O–H groups in total. The Morgan fingerprint density at radius 3 is 1.77 bits per heavy atom. The van der Waals surface area contributed by atoms with Gasteiger partial charge in [-0.05, 0) is 110 Å².